The van der Waals surface area contributed by atoms with Crippen molar-refractivity contribution in [2.45, 2.75) is 36.5 Å². The van der Waals surface area contributed by atoms with Crippen molar-refractivity contribution in [2.24, 2.45) is 7.05 Å². The Bertz CT molecular complexity index is 851. The molecule has 0 saturated carbocycles. The van der Waals surface area contributed by atoms with Crippen molar-refractivity contribution in [3.05, 3.63) is 61.9 Å². The molecule has 0 atom stereocenters. The van der Waals surface area contributed by atoms with E-state index in [1.165, 1.54) is 5.56 Å². The van der Waals surface area contributed by atoms with Crippen LogP contribution in [0.1, 0.15) is 35.1 Å². The first kappa shape index (κ1) is 16.2. The van der Waals surface area contributed by atoms with Crippen LogP contribution < -0.4 is 5.56 Å². The zero-order valence-corrected chi connectivity index (χ0v) is 14.5. The van der Waals surface area contributed by atoms with Gasteiger partial charge < -0.3 is 4.57 Å². The lowest BCUT2D eigenvalue weighted by atomic mass is 9.90. The van der Waals surface area contributed by atoms with E-state index in [2.05, 4.69) is 6.07 Å². The third kappa shape index (κ3) is 3.17. The summed E-state index contributed by atoms with van der Waals surface area (Å²) in [6, 6.07) is 9.89. The lowest BCUT2D eigenvalue weighted by molar-refractivity contribution is 0.631. The summed E-state index contributed by atoms with van der Waals surface area (Å²) >= 11 is 7.69. The molecule has 118 valence electrons. The van der Waals surface area contributed by atoms with Crippen molar-refractivity contribution >= 4 is 23.4 Å². The summed E-state index contributed by atoms with van der Waals surface area (Å²) in [4.78, 5) is 12.5. The van der Waals surface area contributed by atoms with Gasteiger partial charge in [0.2, 0.25) is 0 Å². The number of halogens is 1. The number of pyridine rings is 1. The molecule has 1 aromatic carbocycles. The van der Waals surface area contributed by atoms with Gasteiger partial charge in [0.15, 0.2) is 0 Å². The Balaban J connectivity index is 2.00. The molecule has 0 unspecified atom stereocenters. The molecule has 5 heteroatoms. The van der Waals surface area contributed by atoms with Crippen LogP contribution in [0.15, 0.2) is 34.1 Å². The van der Waals surface area contributed by atoms with E-state index in [0.29, 0.717) is 5.56 Å². The van der Waals surface area contributed by atoms with E-state index < -0.39 is 0 Å². The van der Waals surface area contributed by atoms with Gasteiger partial charge in [0.25, 0.3) is 5.56 Å². The number of benzene rings is 1. The van der Waals surface area contributed by atoms with E-state index >= 15 is 0 Å². The van der Waals surface area contributed by atoms with Crippen LogP contribution in [-0.2, 0) is 25.6 Å². The summed E-state index contributed by atoms with van der Waals surface area (Å²) in [5.74, 6) is 0.756. The highest BCUT2D eigenvalue weighted by Crippen LogP contribution is 2.33. The third-order valence-corrected chi connectivity index (χ3v) is 5.73. The highest BCUT2D eigenvalue weighted by molar-refractivity contribution is 7.98. The average molecular weight is 345 g/mol. The minimum Gasteiger partial charge on any atom is -0.305 e. The first-order chi connectivity index (χ1) is 11.1. The molecule has 2 aromatic rings. The van der Waals surface area contributed by atoms with Gasteiger partial charge in [-0.15, -0.1) is 11.8 Å². The molecule has 1 aliphatic rings. The van der Waals surface area contributed by atoms with Gasteiger partial charge in [-0.25, -0.2) is 0 Å². The molecule has 0 bridgehead atoms. The Kier molecular flexibility index (Phi) is 4.79. The number of nitriles is 1. The fourth-order valence-corrected chi connectivity index (χ4v) is 4.46. The fraction of sp³-hybridized carbons (Fsp3) is 0.333. The van der Waals surface area contributed by atoms with Crippen molar-refractivity contribution in [1.82, 2.24) is 4.57 Å². The van der Waals surface area contributed by atoms with Gasteiger partial charge in [0, 0.05) is 17.8 Å². The third-order valence-electron chi connectivity index (χ3n) is 4.23. The molecule has 0 radical (unpaired) electrons. The number of hydrogen-bond acceptors (Lipinski definition) is 3. The smallest absolute Gasteiger partial charge is 0.269 e. The SMILES string of the molecule is Cn1c(SCc2cccc(Cl)c2)c2c(c(C#N)c1=O)CCCC2. The number of thioether (sulfide) groups is 1. The lowest BCUT2D eigenvalue weighted by Crippen LogP contribution is -2.27. The molecule has 0 amide bonds. The van der Waals surface area contributed by atoms with E-state index in [1.807, 2.05) is 24.3 Å². The highest BCUT2D eigenvalue weighted by atomic mass is 35.5. The van der Waals surface area contributed by atoms with Crippen molar-refractivity contribution < 1.29 is 0 Å². The van der Waals surface area contributed by atoms with Crippen LogP contribution in [0.25, 0.3) is 0 Å². The Morgan fingerprint density at radius 1 is 1.30 bits per heavy atom. The van der Waals surface area contributed by atoms with Gasteiger partial charge >= 0.3 is 0 Å². The van der Waals surface area contributed by atoms with Gasteiger partial charge in [0.05, 0.1) is 5.03 Å². The van der Waals surface area contributed by atoms with E-state index in [4.69, 9.17) is 11.6 Å². The van der Waals surface area contributed by atoms with Crippen LogP contribution >= 0.6 is 23.4 Å². The number of fused-ring (bicyclic) bond motifs is 1. The zero-order chi connectivity index (χ0) is 16.4. The van der Waals surface area contributed by atoms with Crippen molar-refractivity contribution in [1.29, 1.82) is 5.26 Å². The standard InChI is InChI=1S/C18H17ClN2OS/c1-21-17(22)16(10-20)14-7-2-3-8-15(14)18(21)23-11-12-5-4-6-13(19)9-12/h4-6,9H,2-3,7-8,11H2,1H3. The Morgan fingerprint density at radius 2 is 2.04 bits per heavy atom. The Hall–Kier alpha value is -1.70. The molecule has 1 aliphatic carbocycles. The fourth-order valence-electron chi connectivity index (χ4n) is 3.09. The van der Waals surface area contributed by atoms with Crippen LogP contribution in [0.5, 0.6) is 0 Å². The minimum absolute atomic E-state index is 0.179. The van der Waals surface area contributed by atoms with Crippen LogP contribution in [-0.4, -0.2) is 4.57 Å². The molecule has 3 nitrogen and oxygen atoms in total. The summed E-state index contributed by atoms with van der Waals surface area (Å²) in [7, 11) is 1.76. The normalized spacial score (nSPS) is 13.4. The van der Waals surface area contributed by atoms with E-state index in [9.17, 15) is 10.1 Å². The maximum Gasteiger partial charge on any atom is 0.269 e. The van der Waals surface area contributed by atoms with Crippen molar-refractivity contribution in [3.8, 4) is 6.07 Å². The molecule has 0 spiro atoms. The predicted molar refractivity (Wildman–Crippen MR) is 94.1 cm³/mol. The molecule has 1 aromatic heterocycles. The number of aromatic nitrogens is 1. The second-order valence-electron chi connectivity index (χ2n) is 5.74. The Labute approximate surface area is 144 Å². The monoisotopic (exact) mass is 344 g/mol. The van der Waals surface area contributed by atoms with Gasteiger partial charge in [-0.05, 0) is 54.5 Å². The second-order valence-corrected chi connectivity index (χ2v) is 7.14. The number of hydrogen-bond donors (Lipinski definition) is 0. The second kappa shape index (κ2) is 6.82. The highest BCUT2D eigenvalue weighted by Gasteiger charge is 2.22. The summed E-state index contributed by atoms with van der Waals surface area (Å²) in [5.41, 5.74) is 3.43. The van der Waals surface area contributed by atoms with Gasteiger partial charge in [-0.1, -0.05) is 23.7 Å². The molecule has 1 heterocycles. The summed E-state index contributed by atoms with van der Waals surface area (Å²) in [6.45, 7) is 0. The topological polar surface area (TPSA) is 45.8 Å². The maximum absolute atomic E-state index is 12.5. The summed E-state index contributed by atoms with van der Waals surface area (Å²) < 4.78 is 1.64. The number of rotatable bonds is 3. The molecule has 0 aliphatic heterocycles. The van der Waals surface area contributed by atoms with Gasteiger partial charge in [-0.2, -0.15) is 5.26 Å². The maximum atomic E-state index is 12.5. The zero-order valence-electron chi connectivity index (χ0n) is 12.9. The molecule has 0 N–H and O–H groups in total. The van der Waals surface area contributed by atoms with E-state index in [0.717, 1.165) is 52.6 Å². The molecular weight excluding hydrogens is 328 g/mol. The van der Waals surface area contributed by atoms with Gasteiger partial charge in [-0.3, -0.25) is 4.79 Å². The first-order valence-corrected chi connectivity index (χ1v) is 9.00. The number of nitrogens with zero attached hydrogens (tertiary/aromatic N) is 2. The predicted octanol–water partition coefficient (Wildman–Crippen LogP) is 4.08. The Morgan fingerprint density at radius 3 is 2.74 bits per heavy atom. The lowest BCUT2D eigenvalue weighted by Gasteiger charge is -2.22. The molecular formula is C18H17ClN2OS. The van der Waals surface area contributed by atoms with Crippen molar-refractivity contribution in [2.75, 3.05) is 0 Å². The quantitative estimate of drug-likeness (QED) is 0.788. The van der Waals surface area contributed by atoms with Crippen LogP contribution in [0.3, 0.4) is 0 Å². The molecule has 3 rings (SSSR count). The van der Waals surface area contributed by atoms with Crippen LogP contribution in [0, 0.1) is 11.3 Å². The molecule has 23 heavy (non-hydrogen) atoms. The molecule has 0 fully saturated rings. The summed E-state index contributed by atoms with van der Waals surface area (Å²) in [5, 5.41) is 11.1. The average Bonchev–Trinajstić information content (AvgIpc) is 2.56. The molecule has 0 saturated heterocycles. The van der Waals surface area contributed by atoms with E-state index in [-0.39, 0.29) is 5.56 Å². The van der Waals surface area contributed by atoms with E-state index in [1.54, 1.807) is 23.4 Å². The van der Waals surface area contributed by atoms with Crippen LogP contribution in [0.4, 0.5) is 0 Å². The van der Waals surface area contributed by atoms with Crippen LogP contribution in [0.2, 0.25) is 5.02 Å². The van der Waals surface area contributed by atoms with Crippen molar-refractivity contribution in [3.63, 3.8) is 0 Å². The minimum atomic E-state index is -0.179. The van der Waals surface area contributed by atoms with Gasteiger partial charge in [0.1, 0.15) is 11.6 Å². The largest absolute Gasteiger partial charge is 0.305 e. The first-order valence-electron chi connectivity index (χ1n) is 7.64. The summed E-state index contributed by atoms with van der Waals surface area (Å²) in [6.07, 6.45) is 3.93.